The van der Waals surface area contributed by atoms with Crippen molar-refractivity contribution in [3.8, 4) is 11.8 Å². The molecule has 0 saturated carbocycles. The molecule has 1 aromatic carbocycles. The highest BCUT2D eigenvalue weighted by Crippen LogP contribution is 2.32. The minimum Gasteiger partial charge on any atom is -0.507 e. The van der Waals surface area contributed by atoms with Gasteiger partial charge in [-0.25, -0.2) is 0 Å². The molecule has 0 aliphatic carbocycles. The number of rotatable bonds is 2. The van der Waals surface area contributed by atoms with Gasteiger partial charge in [-0.3, -0.25) is 0 Å². The van der Waals surface area contributed by atoms with Gasteiger partial charge in [0.15, 0.2) is 0 Å². The van der Waals surface area contributed by atoms with Crippen LogP contribution < -0.4 is 5.73 Å². The molecular weight excluding hydrogens is 190 g/mol. The fraction of sp³-hybridized carbons (Fsp3) is 0.182. The lowest BCUT2D eigenvalue weighted by Gasteiger charge is -2.10. The maximum absolute atomic E-state index is 9.93. The number of aromatic amines is 1. The Balaban J connectivity index is 2.53. The van der Waals surface area contributed by atoms with Crippen molar-refractivity contribution in [1.29, 1.82) is 5.26 Å². The summed E-state index contributed by atoms with van der Waals surface area (Å²) in [4.78, 5) is 2.99. The summed E-state index contributed by atoms with van der Waals surface area (Å²) in [7, 11) is 0. The molecule has 76 valence electrons. The second-order valence-electron chi connectivity index (χ2n) is 3.41. The van der Waals surface area contributed by atoms with E-state index in [9.17, 15) is 5.11 Å². The molecule has 0 spiro atoms. The predicted molar refractivity (Wildman–Crippen MR) is 57.1 cm³/mol. The Bertz CT molecular complexity index is 524. The molecule has 4 heteroatoms. The van der Waals surface area contributed by atoms with Crippen molar-refractivity contribution >= 4 is 10.9 Å². The van der Waals surface area contributed by atoms with Crippen molar-refractivity contribution in [2.24, 2.45) is 5.73 Å². The van der Waals surface area contributed by atoms with Crippen molar-refractivity contribution in [1.82, 2.24) is 4.98 Å². The molecule has 1 atom stereocenters. The van der Waals surface area contributed by atoms with Crippen LogP contribution >= 0.6 is 0 Å². The Morgan fingerprint density at radius 3 is 3.00 bits per heavy atom. The molecule has 1 heterocycles. The van der Waals surface area contributed by atoms with Crippen LogP contribution in [0.5, 0.6) is 5.75 Å². The SMILES string of the molecule is N#CC[C@H](N)c1ccc2[nH]ccc2c1O. The van der Waals surface area contributed by atoms with Crippen molar-refractivity contribution in [2.75, 3.05) is 0 Å². The number of nitriles is 1. The number of H-pyrrole nitrogens is 1. The molecule has 4 nitrogen and oxygen atoms in total. The van der Waals surface area contributed by atoms with Gasteiger partial charge in [0.05, 0.1) is 12.5 Å². The van der Waals surface area contributed by atoms with Gasteiger partial charge in [0.25, 0.3) is 0 Å². The highest BCUT2D eigenvalue weighted by Gasteiger charge is 2.13. The van der Waals surface area contributed by atoms with Gasteiger partial charge >= 0.3 is 0 Å². The Kier molecular flexibility index (Phi) is 2.32. The summed E-state index contributed by atoms with van der Waals surface area (Å²) in [6, 6.07) is 6.94. The molecule has 0 saturated heterocycles. The summed E-state index contributed by atoms with van der Waals surface area (Å²) < 4.78 is 0. The third kappa shape index (κ3) is 1.53. The number of hydrogen-bond acceptors (Lipinski definition) is 3. The molecule has 0 aliphatic rings. The number of nitrogens with two attached hydrogens (primary N) is 1. The first-order valence-corrected chi connectivity index (χ1v) is 4.65. The number of nitrogens with one attached hydrogen (secondary N) is 1. The number of phenolic OH excluding ortho intramolecular Hbond substituents is 1. The van der Waals surface area contributed by atoms with E-state index in [1.54, 1.807) is 18.3 Å². The van der Waals surface area contributed by atoms with E-state index in [2.05, 4.69) is 4.98 Å². The molecule has 2 rings (SSSR count). The molecule has 0 bridgehead atoms. The minimum atomic E-state index is -0.436. The maximum Gasteiger partial charge on any atom is 0.129 e. The number of aromatic hydroxyl groups is 1. The van der Waals surface area contributed by atoms with Crippen LogP contribution in [0.4, 0.5) is 0 Å². The molecule has 15 heavy (non-hydrogen) atoms. The Morgan fingerprint density at radius 1 is 1.47 bits per heavy atom. The Labute approximate surface area is 86.9 Å². The maximum atomic E-state index is 9.93. The summed E-state index contributed by atoms with van der Waals surface area (Å²) in [6.45, 7) is 0. The highest BCUT2D eigenvalue weighted by molar-refractivity contribution is 5.87. The van der Waals surface area contributed by atoms with Crippen LogP contribution in [0.3, 0.4) is 0 Å². The Hall–Kier alpha value is -1.99. The number of fused-ring (bicyclic) bond motifs is 1. The van der Waals surface area contributed by atoms with Crippen molar-refractivity contribution in [3.63, 3.8) is 0 Å². The van der Waals surface area contributed by atoms with E-state index in [-0.39, 0.29) is 12.2 Å². The zero-order valence-corrected chi connectivity index (χ0v) is 8.07. The summed E-state index contributed by atoms with van der Waals surface area (Å²) in [5, 5.41) is 19.2. The average molecular weight is 201 g/mol. The fourth-order valence-corrected chi connectivity index (χ4v) is 1.64. The lowest BCUT2D eigenvalue weighted by molar-refractivity contribution is 0.468. The highest BCUT2D eigenvalue weighted by atomic mass is 16.3. The quantitative estimate of drug-likeness (QED) is 0.692. The van der Waals surface area contributed by atoms with E-state index in [1.807, 2.05) is 12.1 Å². The smallest absolute Gasteiger partial charge is 0.129 e. The van der Waals surface area contributed by atoms with E-state index in [0.29, 0.717) is 5.56 Å². The third-order valence-corrected chi connectivity index (χ3v) is 2.45. The lowest BCUT2D eigenvalue weighted by atomic mass is 10.0. The summed E-state index contributed by atoms with van der Waals surface area (Å²) in [5.41, 5.74) is 7.25. The van der Waals surface area contributed by atoms with E-state index in [4.69, 9.17) is 11.0 Å². The monoisotopic (exact) mass is 201 g/mol. The van der Waals surface area contributed by atoms with Gasteiger partial charge in [0, 0.05) is 28.7 Å². The van der Waals surface area contributed by atoms with Gasteiger partial charge in [0.1, 0.15) is 5.75 Å². The first-order chi connectivity index (χ1) is 7.24. The van der Waals surface area contributed by atoms with Crippen LogP contribution in [0.2, 0.25) is 0 Å². The molecule has 1 aromatic heterocycles. The number of benzene rings is 1. The van der Waals surface area contributed by atoms with Crippen LogP contribution in [0.25, 0.3) is 10.9 Å². The van der Waals surface area contributed by atoms with Gasteiger partial charge in [-0.15, -0.1) is 0 Å². The molecular formula is C11H11N3O. The van der Waals surface area contributed by atoms with Crippen LogP contribution in [0.1, 0.15) is 18.0 Å². The molecule has 0 amide bonds. The summed E-state index contributed by atoms with van der Waals surface area (Å²) >= 11 is 0. The van der Waals surface area contributed by atoms with E-state index in [0.717, 1.165) is 10.9 Å². The Morgan fingerprint density at radius 2 is 2.27 bits per heavy atom. The lowest BCUT2D eigenvalue weighted by Crippen LogP contribution is -2.09. The first-order valence-electron chi connectivity index (χ1n) is 4.65. The van der Waals surface area contributed by atoms with E-state index >= 15 is 0 Å². The molecule has 4 N–H and O–H groups in total. The molecule has 0 radical (unpaired) electrons. The number of aromatic nitrogens is 1. The molecule has 0 fully saturated rings. The average Bonchev–Trinajstić information content (AvgIpc) is 2.67. The van der Waals surface area contributed by atoms with Crippen molar-refractivity contribution in [3.05, 3.63) is 30.0 Å². The van der Waals surface area contributed by atoms with Crippen LogP contribution in [-0.4, -0.2) is 10.1 Å². The van der Waals surface area contributed by atoms with Gasteiger partial charge < -0.3 is 15.8 Å². The van der Waals surface area contributed by atoms with Gasteiger partial charge in [-0.05, 0) is 12.1 Å². The summed E-state index contributed by atoms with van der Waals surface area (Å²) in [6.07, 6.45) is 1.95. The minimum absolute atomic E-state index is 0.163. The molecule has 0 unspecified atom stereocenters. The van der Waals surface area contributed by atoms with Crippen LogP contribution in [0.15, 0.2) is 24.4 Å². The second kappa shape index (κ2) is 3.64. The van der Waals surface area contributed by atoms with Crippen molar-refractivity contribution < 1.29 is 5.11 Å². The number of nitrogens with zero attached hydrogens (tertiary/aromatic N) is 1. The topological polar surface area (TPSA) is 85.8 Å². The predicted octanol–water partition coefficient (Wildman–Crippen LogP) is 1.79. The zero-order chi connectivity index (χ0) is 10.8. The van der Waals surface area contributed by atoms with E-state index < -0.39 is 6.04 Å². The first kappa shape index (κ1) is 9.56. The fourth-order valence-electron chi connectivity index (χ4n) is 1.64. The number of phenols is 1. The van der Waals surface area contributed by atoms with Gasteiger partial charge in [-0.2, -0.15) is 5.26 Å². The molecule has 0 aliphatic heterocycles. The largest absolute Gasteiger partial charge is 0.507 e. The van der Waals surface area contributed by atoms with Crippen LogP contribution in [-0.2, 0) is 0 Å². The standard InChI is InChI=1S/C11H11N3O/c12-5-3-9(13)7-1-2-10-8(11(7)15)4-6-14-10/h1-2,4,6,9,14-15H,3,13H2/t9-/m0/s1. The van der Waals surface area contributed by atoms with Gasteiger partial charge in [-0.1, -0.05) is 6.07 Å². The van der Waals surface area contributed by atoms with Gasteiger partial charge in [0.2, 0.25) is 0 Å². The number of hydrogen-bond donors (Lipinski definition) is 3. The van der Waals surface area contributed by atoms with Crippen molar-refractivity contribution in [2.45, 2.75) is 12.5 Å². The molecule has 2 aromatic rings. The normalized spacial score (nSPS) is 12.5. The third-order valence-electron chi connectivity index (χ3n) is 2.45. The zero-order valence-electron chi connectivity index (χ0n) is 8.07. The second-order valence-corrected chi connectivity index (χ2v) is 3.41. The van der Waals surface area contributed by atoms with Crippen LogP contribution in [0, 0.1) is 11.3 Å². The van der Waals surface area contributed by atoms with E-state index in [1.165, 1.54) is 0 Å². The summed E-state index contributed by atoms with van der Waals surface area (Å²) in [5.74, 6) is 0.163.